The Bertz CT molecular complexity index is 507. The minimum absolute atomic E-state index is 0.547. The molecule has 0 aliphatic carbocycles. The number of nitrogen functional groups attached to an aromatic ring is 1. The maximum absolute atomic E-state index is 13.2. The zero-order valence-electron chi connectivity index (χ0n) is 9.10. The molecule has 100 valence electrons. The fraction of sp³-hybridized carbons (Fsp3) is 0.556. The average molecular weight is 261 g/mol. The van der Waals surface area contributed by atoms with Crippen LogP contribution in [0.25, 0.3) is 0 Å². The second kappa shape index (κ2) is 4.61. The monoisotopic (exact) mass is 261 g/mol. The summed E-state index contributed by atoms with van der Waals surface area (Å²) in [4.78, 5) is 14.7. The van der Waals surface area contributed by atoms with Gasteiger partial charge in [0.2, 0.25) is 0 Å². The van der Waals surface area contributed by atoms with Crippen LogP contribution >= 0.6 is 0 Å². The lowest BCUT2D eigenvalue weighted by atomic mass is 10.1. The van der Waals surface area contributed by atoms with Gasteiger partial charge in [-0.25, -0.2) is 9.18 Å². The smallest absolute Gasteiger partial charge is 0.351 e. The number of hydrogen-bond donors (Lipinski definition) is 4. The van der Waals surface area contributed by atoms with Crippen LogP contribution in [0.4, 0.5) is 10.2 Å². The average Bonchev–Trinajstić information content (AvgIpc) is 2.61. The lowest BCUT2D eigenvalue weighted by Gasteiger charge is -2.17. The lowest BCUT2D eigenvalue weighted by molar-refractivity contribution is -0.0553. The molecule has 1 fully saturated rings. The molecule has 2 heterocycles. The molecule has 0 amide bonds. The number of anilines is 1. The van der Waals surface area contributed by atoms with Crippen LogP contribution in [0.2, 0.25) is 0 Å². The van der Waals surface area contributed by atoms with E-state index in [0.717, 1.165) is 6.20 Å². The molecule has 1 aromatic rings. The van der Waals surface area contributed by atoms with E-state index in [1.165, 1.54) is 0 Å². The molecule has 0 aromatic carbocycles. The molecule has 0 bridgehead atoms. The molecular formula is C9H12FN3O5. The standard InChI is InChI=1S/C9H12FN3O5/c10-3-1-13(9(17)12-7(3)11)8-6(16)5(15)4(2-14)18-8/h1,4-6,8,14-16H,2H2,(H2,11,12,17)/t4-,5?,6+,8-/m1/s1. The van der Waals surface area contributed by atoms with Crippen molar-refractivity contribution in [1.82, 2.24) is 9.55 Å². The third-order valence-corrected chi connectivity index (χ3v) is 2.73. The molecule has 5 N–H and O–H groups in total. The molecule has 0 radical (unpaired) electrons. The molecule has 1 aliphatic heterocycles. The molecule has 0 spiro atoms. The van der Waals surface area contributed by atoms with Gasteiger partial charge >= 0.3 is 5.69 Å². The Morgan fingerprint density at radius 3 is 2.72 bits per heavy atom. The van der Waals surface area contributed by atoms with E-state index >= 15 is 0 Å². The van der Waals surface area contributed by atoms with Crippen LogP contribution in [0.15, 0.2) is 11.0 Å². The van der Waals surface area contributed by atoms with Crippen LogP contribution in [0, 0.1) is 5.82 Å². The molecule has 2 rings (SSSR count). The van der Waals surface area contributed by atoms with Gasteiger partial charge < -0.3 is 25.8 Å². The zero-order chi connectivity index (χ0) is 13.4. The molecule has 4 atom stereocenters. The summed E-state index contributed by atoms with van der Waals surface area (Å²) in [5.41, 5.74) is 4.18. The first-order valence-corrected chi connectivity index (χ1v) is 5.12. The predicted molar refractivity (Wildman–Crippen MR) is 55.9 cm³/mol. The van der Waals surface area contributed by atoms with Crippen LogP contribution in [-0.4, -0.2) is 49.8 Å². The maximum atomic E-state index is 13.2. The van der Waals surface area contributed by atoms with Crippen molar-refractivity contribution in [3.8, 4) is 0 Å². The summed E-state index contributed by atoms with van der Waals surface area (Å²) < 4.78 is 19.0. The first-order valence-electron chi connectivity index (χ1n) is 5.12. The van der Waals surface area contributed by atoms with E-state index in [-0.39, 0.29) is 0 Å². The van der Waals surface area contributed by atoms with Gasteiger partial charge in [-0.3, -0.25) is 4.57 Å². The fourth-order valence-corrected chi connectivity index (χ4v) is 1.75. The Kier molecular flexibility index (Phi) is 3.30. The van der Waals surface area contributed by atoms with Gasteiger partial charge in [0.05, 0.1) is 12.8 Å². The molecule has 1 aromatic heterocycles. The highest BCUT2D eigenvalue weighted by Crippen LogP contribution is 2.28. The van der Waals surface area contributed by atoms with E-state index in [1.54, 1.807) is 0 Å². The number of nitrogens with zero attached hydrogens (tertiary/aromatic N) is 2. The lowest BCUT2D eigenvalue weighted by Crippen LogP contribution is -2.36. The molecule has 18 heavy (non-hydrogen) atoms. The summed E-state index contributed by atoms with van der Waals surface area (Å²) in [5, 5.41) is 28.1. The van der Waals surface area contributed by atoms with Crippen LogP contribution in [0.1, 0.15) is 6.23 Å². The largest absolute Gasteiger partial charge is 0.394 e. The van der Waals surface area contributed by atoms with Crippen LogP contribution < -0.4 is 11.4 Å². The number of aromatic nitrogens is 2. The Hall–Kier alpha value is -1.55. The molecule has 1 aliphatic rings. The first-order chi connectivity index (χ1) is 8.45. The van der Waals surface area contributed by atoms with E-state index in [9.17, 15) is 19.4 Å². The third-order valence-electron chi connectivity index (χ3n) is 2.73. The van der Waals surface area contributed by atoms with Gasteiger partial charge in [-0.05, 0) is 0 Å². The number of nitrogens with two attached hydrogens (primary N) is 1. The number of aliphatic hydroxyl groups is 3. The van der Waals surface area contributed by atoms with E-state index in [2.05, 4.69) is 4.98 Å². The van der Waals surface area contributed by atoms with E-state index in [4.69, 9.17) is 15.6 Å². The van der Waals surface area contributed by atoms with Crippen molar-refractivity contribution in [1.29, 1.82) is 0 Å². The Morgan fingerprint density at radius 2 is 2.17 bits per heavy atom. The molecular weight excluding hydrogens is 249 g/mol. The van der Waals surface area contributed by atoms with E-state index in [1.807, 2.05) is 0 Å². The SMILES string of the molecule is Nc1nc(=O)n([C@@H]2O[C@H](CO)C(O)[C@@H]2O)cc1F. The minimum Gasteiger partial charge on any atom is -0.394 e. The highest BCUT2D eigenvalue weighted by molar-refractivity contribution is 5.26. The van der Waals surface area contributed by atoms with Crippen molar-refractivity contribution >= 4 is 5.82 Å². The summed E-state index contributed by atoms with van der Waals surface area (Å²) in [6.45, 7) is -0.547. The summed E-state index contributed by atoms with van der Waals surface area (Å²) >= 11 is 0. The number of halogens is 1. The Morgan fingerprint density at radius 1 is 1.50 bits per heavy atom. The van der Waals surface area contributed by atoms with Gasteiger partial charge in [-0.15, -0.1) is 0 Å². The number of rotatable bonds is 2. The molecule has 8 nitrogen and oxygen atoms in total. The summed E-state index contributed by atoms with van der Waals surface area (Å²) in [6.07, 6.45) is -4.52. The number of hydrogen-bond acceptors (Lipinski definition) is 7. The zero-order valence-corrected chi connectivity index (χ0v) is 9.10. The van der Waals surface area contributed by atoms with Crippen LogP contribution in [0.3, 0.4) is 0 Å². The Labute approximate surface area is 100 Å². The van der Waals surface area contributed by atoms with Crippen LogP contribution in [0.5, 0.6) is 0 Å². The van der Waals surface area contributed by atoms with E-state index < -0.39 is 48.5 Å². The van der Waals surface area contributed by atoms with Crippen LogP contribution in [-0.2, 0) is 4.74 Å². The number of ether oxygens (including phenoxy) is 1. The molecule has 1 saturated heterocycles. The first kappa shape index (κ1) is 12.9. The second-order valence-electron chi connectivity index (χ2n) is 3.89. The third kappa shape index (κ3) is 1.97. The second-order valence-corrected chi connectivity index (χ2v) is 3.89. The summed E-state index contributed by atoms with van der Waals surface area (Å²) in [7, 11) is 0. The quantitative estimate of drug-likeness (QED) is 0.465. The van der Waals surface area contributed by atoms with Gasteiger partial charge in [0.15, 0.2) is 17.9 Å². The fourth-order valence-electron chi connectivity index (χ4n) is 1.75. The van der Waals surface area contributed by atoms with Crippen molar-refractivity contribution in [3.05, 3.63) is 22.5 Å². The van der Waals surface area contributed by atoms with Crippen molar-refractivity contribution in [3.63, 3.8) is 0 Å². The highest BCUT2D eigenvalue weighted by Gasteiger charge is 2.43. The molecule has 9 heteroatoms. The summed E-state index contributed by atoms with van der Waals surface area (Å²) in [6, 6.07) is 0. The van der Waals surface area contributed by atoms with Gasteiger partial charge in [0.1, 0.15) is 18.3 Å². The van der Waals surface area contributed by atoms with E-state index in [0.29, 0.717) is 4.57 Å². The molecule has 1 unspecified atom stereocenters. The highest BCUT2D eigenvalue weighted by atomic mass is 19.1. The topological polar surface area (TPSA) is 131 Å². The van der Waals surface area contributed by atoms with Gasteiger partial charge in [-0.2, -0.15) is 4.98 Å². The number of aliphatic hydroxyl groups excluding tert-OH is 3. The van der Waals surface area contributed by atoms with Crippen molar-refractivity contribution in [2.75, 3.05) is 12.3 Å². The predicted octanol–water partition coefficient (Wildman–Crippen LogP) is -2.42. The summed E-state index contributed by atoms with van der Waals surface area (Å²) in [5.74, 6) is -1.52. The maximum Gasteiger partial charge on any atom is 0.351 e. The van der Waals surface area contributed by atoms with Gasteiger partial charge in [0, 0.05) is 0 Å². The normalized spacial score (nSPS) is 31.8. The van der Waals surface area contributed by atoms with Crippen molar-refractivity contribution in [2.24, 2.45) is 0 Å². The van der Waals surface area contributed by atoms with Crippen molar-refractivity contribution in [2.45, 2.75) is 24.5 Å². The van der Waals surface area contributed by atoms with Crippen molar-refractivity contribution < 1.29 is 24.4 Å². The Balaban J connectivity index is 2.39. The van der Waals surface area contributed by atoms with Gasteiger partial charge in [0.25, 0.3) is 0 Å². The molecule has 0 saturated carbocycles. The minimum atomic E-state index is -1.48. The van der Waals surface area contributed by atoms with Gasteiger partial charge in [-0.1, -0.05) is 0 Å².